The molecular formula is C22H25N3O4S2. The van der Waals surface area contributed by atoms with E-state index in [0.717, 1.165) is 21.9 Å². The molecule has 0 aliphatic carbocycles. The summed E-state index contributed by atoms with van der Waals surface area (Å²) >= 11 is 1.34. The van der Waals surface area contributed by atoms with Crippen molar-refractivity contribution in [3.05, 3.63) is 59.5 Å². The number of nitrogens with zero attached hydrogens (tertiary/aromatic N) is 1. The van der Waals surface area contributed by atoms with Gasteiger partial charge in [0.1, 0.15) is 11.8 Å². The molecule has 0 saturated heterocycles. The molecule has 3 aromatic rings. The van der Waals surface area contributed by atoms with Crippen LogP contribution in [0.4, 0.5) is 5.13 Å². The van der Waals surface area contributed by atoms with Crippen LogP contribution in [0.5, 0.6) is 5.75 Å². The number of aromatic nitrogens is 1. The van der Waals surface area contributed by atoms with Crippen molar-refractivity contribution in [1.82, 2.24) is 9.71 Å². The van der Waals surface area contributed by atoms with Crippen LogP contribution < -0.4 is 14.8 Å². The Balaban J connectivity index is 1.78. The number of carbonyl (C=O) groups is 1. The van der Waals surface area contributed by atoms with Gasteiger partial charge in [-0.25, -0.2) is 13.4 Å². The van der Waals surface area contributed by atoms with Crippen molar-refractivity contribution in [3.8, 4) is 17.0 Å². The molecule has 9 heteroatoms. The summed E-state index contributed by atoms with van der Waals surface area (Å²) in [6, 6.07) is 14.5. The van der Waals surface area contributed by atoms with Gasteiger partial charge >= 0.3 is 0 Å². The van der Waals surface area contributed by atoms with Gasteiger partial charge in [-0.05, 0) is 49.2 Å². The summed E-state index contributed by atoms with van der Waals surface area (Å²) in [5, 5.41) is 3.18. The smallest absolute Gasteiger partial charge is 0.244 e. The van der Waals surface area contributed by atoms with Gasteiger partial charge in [-0.15, -0.1) is 11.3 Å². The zero-order valence-corrected chi connectivity index (χ0v) is 19.4. The number of hydrogen-bond donors (Lipinski definition) is 2. The third-order valence-electron chi connectivity index (χ3n) is 4.67. The third-order valence-corrected chi connectivity index (χ3v) is 7.02. The van der Waals surface area contributed by atoms with Crippen LogP contribution in [0.15, 0.2) is 59.5 Å². The van der Waals surface area contributed by atoms with Crippen LogP contribution in [0.3, 0.4) is 0 Å². The Hall–Kier alpha value is -2.75. The fourth-order valence-electron chi connectivity index (χ4n) is 2.98. The number of anilines is 1. The maximum Gasteiger partial charge on any atom is 0.244 e. The second kappa shape index (κ2) is 9.59. The van der Waals surface area contributed by atoms with Crippen LogP contribution in [0.2, 0.25) is 0 Å². The van der Waals surface area contributed by atoms with E-state index in [1.54, 1.807) is 39.2 Å². The number of carbonyl (C=O) groups excluding carboxylic acids is 1. The predicted octanol–water partition coefficient (Wildman–Crippen LogP) is 4.07. The molecule has 164 valence electrons. The van der Waals surface area contributed by atoms with Gasteiger partial charge in [-0.3, -0.25) is 4.79 Å². The zero-order valence-electron chi connectivity index (χ0n) is 17.7. The highest BCUT2D eigenvalue weighted by Crippen LogP contribution is 2.31. The van der Waals surface area contributed by atoms with E-state index < -0.39 is 22.0 Å². The predicted molar refractivity (Wildman–Crippen MR) is 123 cm³/mol. The van der Waals surface area contributed by atoms with Gasteiger partial charge in [0.2, 0.25) is 15.9 Å². The van der Waals surface area contributed by atoms with Gasteiger partial charge in [0.05, 0.1) is 17.7 Å². The van der Waals surface area contributed by atoms with Gasteiger partial charge in [0, 0.05) is 10.4 Å². The van der Waals surface area contributed by atoms with Gasteiger partial charge in [-0.1, -0.05) is 32.0 Å². The summed E-state index contributed by atoms with van der Waals surface area (Å²) in [5.41, 5.74) is 1.66. The lowest BCUT2D eigenvalue weighted by atomic mass is 10.1. The lowest BCUT2D eigenvalue weighted by Crippen LogP contribution is -2.47. The molecule has 0 unspecified atom stereocenters. The summed E-state index contributed by atoms with van der Waals surface area (Å²) in [4.78, 5) is 18.5. The minimum atomic E-state index is -3.83. The second-order valence-corrected chi connectivity index (χ2v) is 10.2. The second-order valence-electron chi connectivity index (χ2n) is 7.30. The molecule has 2 N–H and O–H groups in total. The Kier molecular flexibility index (Phi) is 7.09. The number of hydrogen-bond acceptors (Lipinski definition) is 6. The highest BCUT2D eigenvalue weighted by molar-refractivity contribution is 7.89. The molecule has 31 heavy (non-hydrogen) atoms. The number of nitrogens with one attached hydrogen (secondary N) is 2. The number of methoxy groups -OCH3 is 1. The van der Waals surface area contributed by atoms with E-state index in [1.165, 1.54) is 23.5 Å². The number of amides is 1. The summed E-state index contributed by atoms with van der Waals surface area (Å²) in [6.07, 6.45) is 0. The minimum absolute atomic E-state index is 0.111. The van der Waals surface area contributed by atoms with Crippen LogP contribution >= 0.6 is 11.3 Å². The van der Waals surface area contributed by atoms with Gasteiger partial charge in [0.15, 0.2) is 5.13 Å². The van der Waals surface area contributed by atoms with E-state index >= 15 is 0 Å². The molecule has 0 fully saturated rings. The molecule has 1 aromatic heterocycles. The topological polar surface area (TPSA) is 97.4 Å². The molecular weight excluding hydrogens is 434 g/mol. The number of sulfonamides is 1. The molecule has 0 aliphatic rings. The molecule has 1 heterocycles. The quantitative estimate of drug-likeness (QED) is 0.529. The van der Waals surface area contributed by atoms with E-state index in [9.17, 15) is 13.2 Å². The Labute approximate surface area is 186 Å². The summed E-state index contributed by atoms with van der Waals surface area (Å²) in [6.45, 7) is 5.49. The molecule has 2 aromatic carbocycles. The zero-order chi connectivity index (χ0) is 22.6. The van der Waals surface area contributed by atoms with E-state index in [1.807, 2.05) is 31.2 Å². The normalized spacial score (nSPS) is 12.5. The number of rotatable bonds is 8. The van der Waals surface area contributed by atoms with Crippen LogP contribution in [0.1, 0.15) is 18.7 Å². The fourth-order valence-corrected chi connectivity index (χ4v) is 5.18. The first-order valence-corrected chi connectivity index (χ1v) is 12.0. The Morgan fingerprint density at radius 2 is 1.71 bits per heavy atom. The summed E-state index contributed by atoms with van der Waals surface area (Å²) in [7, 11) is -2.23. The standard InChI is InChI=1S/C22H25N3O4S2/c1-14(2)19(25-31(27,28)18-8-6-5-7-9-18)21(26)24-22-23-20(15(3)30-22)16-10-12-17(29-4)13-11-16/h5-14,19,25H,1-4H3,(H,23,24,26)/t19-/m0/s1. The number of ether oxygens (including phenoxy) is 1. The van der Waals surface area contributed by atoms with Crippen molar-refractivity contribution < 1.29 is 17.9 Å². The lowest BCUT2D eigenvalue weighted by Gasteiger charge is -2.21. The monoisotopic (exact) mass is 459 g/mol. The van der Waals surface area contributed by atoms with Crippen molar-refractivity contribution >= 4 is 32.4 Å². The third kappa shape index (κ3) is 5.49. The number of benzene rings is 2. The minimum Gasteiger partial charge on any atom is -0.497 e. The van der Waals surface area contributed by atoms with Gasteiger partial charge in [-0.2, -0.15) is 4.72 Å². The number of thiazole rings is 1. The van der Waals surface area contributed by atoms with E-state index in [0.29, 0.717) is 5.13 Å². The van der Waals surface area contributed by atoms with Crippen molar-refractivity contribution in [1.29, 1.82) is 0 Å². The average Bonchev–Trinajstić information content (AvgIpc) is 3.12. The lowest BCUT2D eigenvalue weighted by molar-refractivity contribution is -0.118. The largest absolute Gasteiger partial charge is 0.497 e. The highest BCUT2D eigenvalue weighted by Gasteiger charge is 2.29. The Morgan fingerprint density at radius 1 is 1.06 bits per heavy atom. The molecule has 0 radical (unpaired) electrons. The van der Waals surface area contributed by atoms with E-state index in [-0.39, 0.29) is 10.8 Å². The van der Waals surface area contributed by atoms with Crippen molar-refractivity contribution in [3.63, 3.8) is 0 Å². The molecule has 3 rings (SSSR count). The van der Waals surface area contributed by atoms with Gasteiger partial charge in [0.25, 0.3) is 0 Å². The summed E-state index contributed by atoms with van der Waals surface area (Å²) in [5.74, 6) is 0.0285. The molecule has 0 saturated carbocycles. The SMILES string of the molecule is COc1ccc(-c2nc(NC(=O)[C@@H](NS(=O)(=O)c3ccccc3)C(C)C)sc2C)cc1. The van der Waals surface area contributed by atoms with E-state index in [2.05, 4.69) is 15.0 Å². The Bertz CT molecular complexity index is 1140. The first-order valence-electron chi connectivity index (χ1n) is 9.71. The molecule has 7 nitrogen and oxygen atoms in total. The van der Waals surface area contributed by atoms with E-state index in [4.69, 9.17) is 4.74 Å². The van der Waals surface area contributed by atoms with Gasteiger partial charge < -0.3 is 10.1 Å². The van der Waals surface area contributed by atoms with Crippen LogP contribution in [0.25, 0.3) is 11.3 Å². The molecule has 0 spiro atoms. The highest BCUT2D eigenvalue weighted by atomic mass is 32.2. The Morgan fingerprint density at radius 3 is 2.29 bits per heavy atom. The average molecular weight is 460 g/mol. The maximum absolute atomic E-state index is 12.9. The van der Waals surface area contributed by atoms with Crippen molar-refractivity contribution in [2.75, 3.05) is 12.4 Å². The first kappa shape index (κ1) is 22.9. The van der Waals surface area contributed by atoms with Crippen LogP contribution in [-0.4, -0.2) is 32.5 Å². The van der Waals surface area contributed by atoms with Crippen LogP contribution in [-0.2, 0) is 14.8 Å². The van der Waals surface area contributed by atoms with Crippen molar-refractivity contribution in [2.24, 2.45) is 5.92 Å². The molecule has 1 atom stereocenters. The maximum atomic E-state index is 12.9. The molecule has 1 amide bonds. The first-order chi connectivity index (χ1) is 14.7. The van der Waals surface area contributed by atoms with Crippen molar-refractivity contribution in [2.45, 2.75) is 31.7 Å². The number of aryl methyl sites for hydroxylation is 1. The fraction of sp³-hybridized carbons (Fsp3) is 0.273. The molecule has 0 aliphatic heterocycles. The summed E-state index contributed by atoms with van der Waals surface area (Å²) < 4.78 is 33.1. The van der Waals surface area contributed by atoms with Crippen LogP contribution in [0, 0.1) is 12.8 Å². The molecule has 0 bridgehead atoms.